The van der Waals surface area contributed by atoms with Crippen molar-refractivity contribution >= 4 is 10.0 Å². The van der Waals surface area contributed by atoms with Crippen LogP contribution >= 0.6 is 0 Å². The molecule has 170 valence electrons. The lowest BCUT2D eigenvalue weighted by Gasteiger charge is -2.38. The molecular weight excluding hydrogens is 429 g/mol. The van der Waals surface area contributed by atoms with Crippen molar-refractivity contribution < 1.29 is 26.3 Å². The van der Waals surface area contributed by atoms with E-state index in [1.165, 1.54) is 12.1 Å². The molecule has 0 radical (unpaired) electrons. The van der Waals surface area contributed by atoms with Crippen LogP contribution in [0, 0.1) is 5.82 Å². The minimum atomic E-state index is -3.31. The fraction of sp³-hybridized carbons (Fsp3) is 0.455. The summed E-state index contributed by atoms with van der Waals surface area (Å²) in [6.45, 7) is 0.478. The minimum absolute atomic E-state index is 0.226. The van der Waals surface area contributed by atoms with Crippen molar-refractivity contribution in [2.75, 3.05) is 19.3 Å². The Balaban J connectivity index is 1.65. The number of hydrogen-bond acceptors (Lipinski definition) is 4. The third-order valence-electron chi connectivity index (χ3n) is 5.50. The molecule has 0 saturated carbocycles. The second-order valence-electron chi connectivity index (χ2n) is 7.97. The molecule has 3 atom stereocenters. The molecule has 0 aromatic heterocycles. The van der Waals surface area contributed by atoms with Crippen LogP contribution in [0.3, 0.4) is 0 Å². The van der Waals surface area contributed by atoms with E-state index in [1.54, 1.807) is 19.1 Å². The van der Waals surface area contributed by atoms with E-state index in [1.807, 2.05) is 24.3 Å². The zero-order valence-electron chi connectivity index (χ0n) is 17.5. The number of piperidine rings is 1. The third-order valence-corrected chi connectivity index (χ3v) is 6.28. The molecule has 1 heterocycles. The molecule has 1 aliphatic rings. The van der Waals surface area contributed by atoms with Gasteiger partial charge in [-0.05, 0) is 48.7 Å². The summed E-state index contributed by atoms with van der Waals surface area (Å²) in [4.78, 5) is 2.06. The van der Waals surface area contributed by atoms with Crippen LogP contribution in [0.4, 0.5) is 13.2 Å². The van der Waals surface area contributed by atoms with E-state index in [4.69, 9.17) is 4.74 Å². The first kappa shape index (κ1) is 23.7. The topological polar surface area (TPSA) is 58.6 Å². The highest BCUT2D eigenvalue weighted by Crippen LogP contribution is 2.32. The smallest absolute Gasteiger partial charge is 0.318 e. The average molecular weight is 457 g/mol. The summed E-state index contributed by atoms with van der Waals surface area (Å²) in [5.74, 6) is -0.590. The van der Waals surface area contributed by atoms with Crippen LogP contribution < -0.4 is 4.72 Å². The van der Waals surface area contributed by atoms with Crippen LogP contribution in [0.5, 0.6) is 0 Å². The Hall–Kier alpha value is -1.94. The highest BCUT2D eigenvalue weighted by atomic mass is 32.2. The summed E-state index contributed by atoms with van der Waals surface area (Å²) >= 11 is 0. The third kappa shape index (κ3) is 7.03. The van der Waals surface area contributed by atoms with Gasteiger partial charge in [-0.3, -0.25) is 4.90 Å². The van der Waals surface area contributed by atoms with Crippen molar-refractivity contribution in [3.05, 3.63) is 71.0 Å². The molecule has 1 fully saturated rings. The molecule has 31 heavy (non-hydrogen) atoms. The molecular formula is C22H27F3N2O3S. The summed E-state index contributed by atoms with van der Waals surface area (Å²) in [5, 5.41) is 0. The number of rotatable bonds is 8. The van der Waals surface area contributed by atoms with Gasteiger partial charge >= 0.3 is 6.61 Å². The van der Waals surface area contributed by atoms with Crippen molar-refractivity contribution in [3.8, 4) is 0 Å². The maximum atomic E-state index is 13.2. The number of nitrogens with zero attached hydrogens (tertiary/aromatic N) is 1. The number of likely N-dealkylation sites (tertiary alicyclic amines) is 1. The van der Waals surface area contributed by atoms with Gasteiger partial charge in [0.05, 0.1) is 12.4 Å². The average Bonchev–Trinajstić information content (AvgIpc) is 2.68. The normalized spacial score (nSPS) is 21.4. The maximum Gasteiger partial charge on any atom is 0.345 e. The van der Waals surface area contributed by atoms with E-state index in [-0.39, 0.29) is 17.8 Å². The van der Waals surface area contributed by atoms with Gasteiger partial charge in [-0.1, -0.05) is 36.4 Å². The van der Waals surface area contributed by atoms with Crippen LogP contribution in [0.15, 0.2) is 48.5 Å². The van der Waals surface area contributed by atoms with Gasteiger partial charge in [-0.25, -0.2) is 17.5 Å². The van der Waals surface area contributed by atoms with E-state index in [0.29, 0.717) is 26.1 Å². The molecule has 0 spiro atoms. The molecule has 5 nitrogen and oxygen atoms in total. The van der Waals surface area contributed by atoms with Gasteiger partial charge in [0.25, 0.3) is 0 Å². The first-order valence-electron chi connectivity index (χ1n) is 10.1. The molecule has 1 N–H and O–H groups in total. The van der Waals surface area contributed by atoms with Crippen LogP contribution in [-0.2, 0) is 21.3 Å². The van der Waals surface area contributed by atoms with E-state index >= 15 is 0 Å². The van der Waals surface area contributed by atoms with E-state index in [2.05, 4.69) is 9.62 Å². The van der Waals surface area contributed by atoms with Crippen LogP contribution in [0.2, 0.25) is 0 Å². The Bertz CT molecular complexity index is 953. The Kier molecular flexibility index (Phi) is 7.74. The molecule has 1 saturated heterocycles. The lowest BCUT2D eigenvalue weighted by atomic mass is 9.86. The van der Waals surface area contributed by atoms with Crippen molar-refractivity contribution in [3.63, 3.8) is 0 Å². The Morgan fingerprint density at radius 1 is 1.13 bits per heavy atom. The molecule has 0 amide bonds. The SMILES string of the molecule is C[C@@H](NS(C)(=O)=O)c1ccc(CN2CC[C@H](c3ccc(F)cc3)[C@@H](OC(F)F)C2)cc1. The molecule has 3 rings (SSSR count). The van der Waals surface area contributed by atoms with Crippen molar-refractivity contribution in [1.82, 2.24) is 9.62 Å². The van der Waals surface area contributed by atoms with Crippen molar-refractivity contribution in [2.24, 2.45) is 0 Å². The molecule has 9 heteroatoms. The number of benzene rings is 2. The van der Waals surface area contributed by atoms with Crippen LogP contribution in [-0.4, -0.2) is 45.4 Å². The molecule has 0 unspecified atom stereocenters. The van der Waals surface area contributed by atoms with Crippen molar-refractivity contribution in [1.29, 1.82) is 0 Å². The van der Waals surface area contributed by atoms with Gasteiger partial charge in [0.2, 0.25) is 10.0 Å². The monoisotopic (exact) mass is 456 g/mol. The van der Waals surface area contributed by atoms with Crippen molar-refractivity contribution in [2.45, 2.75) is 44.6 Å². The first-order chi connectivity index (χ1) is 14.6. The Morgan fingerprint density at radius 3 is 2.35 bits per heavy atom. The lowest BCUT2D eigenvalue weighted by molar-refractivity contribution is -0.180. The minimum Gasteiger partial charge on any atom is -0.318 e. The summed E-state index contributed by atoms with van der Waals surface area (Å²) in [5.41, 5.74) is 2.62. The zero-order valence-corrected chi connectivity index (χ0v) is 18.3. The first-order valence-corrected chi connectivity index (χ1v) is 12.0. The van der Waals surface area contributed by atoms with Gasteiger partial charge in [-0.2, -0.15) is 8.78 Å². The molecule has 0 aliphatic carbocycles. The van der Waals surface area contributed by atoms with Crippen LogP contribution in [0.1, 0.15) is 42.0 Å². The number of hydrogen-bond donors (Lipinski definition) is 1. The summed E-state index contributed by atoms with van der Waals surface area (Å²) in [7, 11) is -3.31. The molecule has 2 aromatic carbocycles. The summed E-state index contributed by atoms with van der Waals surface area (Å²) < 4.78 is 69.5. The number of halogens is 3. The lowest BCUT2D eigenvalue weighted by Crippen LogP contribution is -2.44. The van der Waals surface area contributed by atoms with E-state index in [9.17, 15) is 21.6 Å². The predicted octanol–water partition coefficient (Wildman–Crippen LogP) is 4.03. The van der Waals surface area contributed by atoms with Gasteiger partial charge in [0, 0.05) is 25.0 Å². The second kappa shape index (κ2) is 10.1. The Morgan fingerprint density at radius 2 is 1.77 bits per heavy atom. The van der Waals surface area contributed by atoms with E-state index < -0.39 is 22.7 Å². The molecule has 1 aliphatic heterocycles. The second-order valence-corrected chi connectivity index (χ2v) is 9.75. The number of nitrogens with one attached hydrogen (secondary N) is 1. The quantitative estimate of drug-likeness (QED) is 0.652. The molecule has 2 aromatic rings. The predicted molar refractivity (Wildman–Crippen MR) is 113 cm³/mol. The van der Waals surface area contributed by atoms with Gasteiger partial charge < -0.3 is 4.74 Å². The number of alkyl halides is 2. The highest BCUT2D eigenvalue weighted by Gasteiger charge is 2.33. The largest absolute Gasteiger partial charge is 0.345 e. The Labute approximate surface area is 181 Å². The van der Waals surface area contributed by atoms with Gasteiger partial charge in [-0.15, -0.1) is 0 Å². The fourth-order valence-electron chi connectivity index (χ4n) is 4.04. The zero-order chi connectivity index (χ0) is 22.6. The summed E-state index contributed by atoms with van der Waals surface area (Å²) in [6, 6.07) is 13.1. The number of sulfonamides is 1. The van der Waals surface area contributed by atoms with Gasteiger partial charge in [0.15, 0.2) is 0 Å². The van der Waals surface area contributed by atoms with Gasteiger partial charge in [0.1, 0.15) is 5.82 Å². The van der Waals surface area contributed by atoms with E-state index in [0.717, 1.165) is 22.9 Å². The fourth-order valence-corrected chi connectivity index (χ4v) is 4.82. The maximum absolute atomic E-state index is 13.2. The number of ether oxygens (including phenoxy) is 1. The standard InChI is InChI=1S/C22H27F3N2O3S/c1-15(26-31(2,28)29)17-5-3-16(4-6-17)13-27-12-11-20(21(14-27)30-22(24)25)18-7-9-19(23)10-8-18/h3-10,15,20-22,26H,11-14H2,1-2H3/t15-,20-,21+/m1/s1. The molecule has 0 bridgehead atoms. The highest BCUT2D eigenvalue weighted by molar-refractivity contribution is 7.88. The van der Waals surface area contributed by atoms with Crippen LogP contribution in [0.25, 0.3) is 0 Å². The summed E-state index contributed by atoms with van der Waals surface area (Å²) in [6.07, 6.45) is 1.04.